The van der Waals surface area contributed by atoms with E-state index in [-0.39, 0.29) is 6.04 Å². The van der Waals surface area contributed by atoms with Gasteiger partial charge in [0.15, 0.2) is 0 Å². The number of hydrogen-bond acceptors (Lipinski definition) is 7. The van der Waals surface area contributed by atoms with Gasteiger partial charge in [-0.15, -0.1) is 0 Å². The van der Waals surface area contributed by atoms with Gasteiger partial charge in [-0.25, -0.2) is 9.78 Å². The zero-order chi connectivity index (χ0) is 21.6. The minimum atomic E-state index is -0.430. The lowest BCUT2D eigenvalue weighted by molar-refractivity contribution is -0.134. The van der Waals surface area contributed by atoms with Gasteiger partial charge in [-0.2, -0.15) is 5.10 Å². The number of methoxy groups -OCH3 is 2. The van der Waals surface area contributed by atoms with Gasteiger partial charge in [-0.3, -0.25) is 4.68 Å². The molecule has 8 heteroatoms. The molecule has 162 valence electrons. The van der Waals surface area contributed by atoms with Gasteiger partial charge in [-0.1, -0.05) is 12.1 Å². The van der Waals surface area contributed by atoms with Crippen LogP contribution in [0.5, 0.6) is 5.75 Å². The van der Waals surface area contributed by atoms with E-state index in [1.54, 1.807) is 19.4 Å². The molecular weight excluding hydrogens is 396 g/mol. The van der Waals surface area contributed by atoms with Crippen molar-refractivity contribution in [1.82, 2.24) is 14.8 Å². The van der Waals surface area contributed by atoms with Crippen molar-refractivity contribution in [1.29, 1.82) is 0 Å². The van der Waals surface area contributed by atoms with Crippen LogP contribution in [-0.2, 0) is 20.8 Å². The van der Waals surface area contributed by atoms with E-state index in [0.29, 0.717) is 12.2 Å². The van der Waals surface area contributed by atoms with E-state index >= 15 is 0 Å². The van der Waals surface area contributed by atoms with Crippen molar-refractivity contribution in [3.05, 3.63) is 53.9 Å². The summed E-state index contributed by atoms with van der Waals surface area (Å²) >= 11 is 0. The predicted octanol–water partition coefficient (Wildman–Crippen LogP) is 3.27. The van der Waals surface area contributed by atoms with Crippen molar-refractivity contribution in [3.8, 4) is 5.75 Å². The Labute approximate surface area is 180 Å². The largest absolute Gasteiger partial charge is 0.497 e. The second-order valence-corrected chi connectivity index (χ2v) is 7.33. The Bertz CT molecular complexity index is 1070. The van der Waals surface area contributed by atoms with Gasteiger partial charge in [-0.05, 0) is 42.7 Å². The highest BCUT2D eigenvalue weighted by Gasteiger charge is 2.19. The van der Waals surface area contributed by atoms with E-state index in [9.17, 15) is 4.79 Å². The van der Waals surface area contributed by atoms with Gasteiger partial charge < -0.3 is 19.5 Å². The molecule has 1 aromatic carbocycles. The zero-order valence-corrected chi connectivity index (χ0v) is 17.7. The Morgan fingerprint density at radius 1 is 1.23 bits per heavy atom. The third kappa shape index (κ3) is 4.86. The van der Waals surface area contributed by atoms with Crippen LogP contribution in [0.15, 0.2) is 42.6 Å². The van der Waals surface area contributed by atoms with E-state index < -0.39 is 5.97 Å². The summed E-state index contributed by atoms with van der Waals surface area (Å²) in [7, 11) is 3.00. The maximum Gasteiger partial charge on any atom is 0.330 e. The standard InChI is InChI=1S/C23H26N4O4/c1-29-18-5-3-16(4-6-18)15-27-20-9-12-24-23(25-17-10-13-31-14-11-17)22(20)19(26-27)7-8-21(28)30-2/h3-9,12,17H,10-11,13-15H2,1-2H3,(H,24,25). The van der Waals surface area contributed by atoms with Crippen LogP contribution in [0.4, 0.5) is 5.82 Å². The number of ether oxygens (including phenoxy) is 3. The first-order valence-electron chi connectivity index (χ1n) is 10.3. The second kappa shape index (κ2) is 9.61. The fourth-order valence-corrected chi connectivity index (χ4v) is 3.65. The molecule has 4 rings (SSSR count). The number of benzene rings is 1. The monoisotopic (exact) mass is 422 g/mol. The average molecular weight is 422 g/mol. The van der Waals surface area contributed by atoms with Gasteiger partial charge >= 0.3 is 5.97 Å². The summed E-state index contributed by atoms with van der Waals surface area (Å²) in [5, 5.41) is 9.20. The fourth-order valence-electron chi connectivity index (χ4n) is 3.65. The van der Waals surface area contributed by atoms with Crippen molar-refractivity contribution >= 4 is 28.8 Å². The Hall–Kier alpha value is -3.39. The molecule has 1 fully saturated rings. The van der Waals surface area contributed by atoms with Crippen LogP contribution in [0, 0.1) is 0 Å². The van der Waals surface area contributed by atoms with Crippen LogP contribution in [0.2, 0.25) is 0 Å². The smallest absolute Gasteiger partial charge is 0.330 e. The number of nitrogens with one attached hydrogen (secondary N) is 1. The summed E-state index contributed by atoms with van der Waals surface area (Å²) in [6.07, 6.45) is 6.68. The van der Waals surface area contributed by atoms with Crippen molar-refractivity contribution in [2.45, 2.75) is 25.4 Å². The summed E-state index contributed by atoms with van der Waals surface area (Å²) < 4.78 is 17.4. The first-order valence-corrected chi connectivity index (χ1v) is 10.3. The van der Waals surface area contributed by atoms with Crippen LogP contribution < -0.4 is 10.1 Å². The van der Waals surface area contributed by atoms with E-state index in [4.69, 9.17) is 19.3 Å². The normalized spacial score (nSPS) is 14.8. The number of carbonyl (C=O) groups excluding carboxylic acids is 1. The van der Waals surface area contributed by atoms with Gasteiger partial charge in [0.2, 0.25) is 0 Å². The molecule has 0 atom stereocenters. The van der Waals surface area contributed by atoms with Crippen LogP contribution in [0.1, 0.15) is 24.1 Å². The molecule has 0 bridgehead atoms. The number of pyridine rings is 1. The molecule has 8 nitrogen and oxygen atoms in total. The molecule has 1 saturated heterocycles. The lowest BCUT2D eigenvalue weighted by Crippen LogP contribution is -2.28. The molecule has 0 spiro atoms. The van der Waals surface area contributed by atoms with Crippen LogP contribution in [0.25, 0.3) is 17.0 Å². The maximum absolute atomic E-state index is 11.7. The van der Waals surface area contributed by atoms with Crippen LogP contribution in [0.3, 0.4) is 0 Å². The number of anilines is 1. The topological polar surface area (TPSA) is 87.5 Å². The number of esters is 1. The highest BCUT2D eigenvalue weighted by molar-refractivity contribution is 5.98. The molecule has 0 radical (unpaired) electrons. The quantitative estimate of drug-likeness (QED) is 0.462. The predicted molar refractivity (Wildman–Crippen MR) is 118 cm³/mol. The molecule has 1 aliphatic rings. The molecule has 1 aliphatic heterocycles. The molecule has 2 aromatic heterocycles. The van der Waals surface area contributed by atoms with Gasteiger partial charge in [0.1, 0.15) is 11.6 Å². The molecule has 1 N–H and O–H groups in total. The summed E-state index contributed by atoms with van der Waals surface area (Å²) in [5.41, 5.74) is 2.69. The maximum atomic E-state index is 11.7. The molecule has 0 amide bonds. The highest BCUT2D eigenvalue weighted by Crippen LogP contribution is 2.28. The van der Waals surface area contributed by atoms with E-state index in [1.165, 1.54) is 13.2 Å². The Morgan fingerprint density at radius 3 is 2.71 bits per heavy atom. The third-order valence-corrected chi connectivity index (χ3v) is 5.32. The van der Waals surface area contributed by atoms with E-state index in [2.05, 4.69) is 10.3 Å². The highest BCUT2D eigenvalue weighted by atomic mass is 16.5. The minimum Gasteiger partial charge on any atom is -0.497 e. The lowest BCUT2D eigenvalue weighted by atomic mass is 10.1. The zero-order valence-electron chi connectivity index (χ0n) is 17.7. The molecule has 3 heterocycles. The number of rotatable bonds is 7. The minimum absolute atomic E-state index is 0.286. The fraction of sp³-hybridized carbons (Fsp3) is 0.348. The van der Waals surface area contributed by atoms with Gasteiger partial charge in [0.05, 0.1) is 37.4 Å². The summed E-state index contributed by atoms with van der Waals surface area (Å²) in [6.45, 7) is 2.05. The molecule has 31 heavy (non-hydrogen) atoms. The number of carbonyl (C=O) groups is 1. The number of fused-ring (bicyclic) bond motifs is 1. The molecule has 0 saturated carbocycles. The van der Waals surface area contributed by atoms with Crippen LogP contribution >= 0.6 is 0 Å². The van der Waals surface area contributed by atoms with Crippen molar-refractivity contribution in [3.63, 3.8) is 0 Å². The van der Waals surface area contributed by atoms with Crippen LogP contribution in [-0.4, -0.2) is 54.2 Å². The SMILES string of the molecule is COC(=O)C=Cc1nn(Cc2ccc(OC)cc2)c2ccnc(NC3CCOCC3)c12. The third-order valence-electron chi connectivity index (χ3n) is 5.32. The Kier molecular flexibility index (Phi) is 6.47. The molecule has 0 unspecified atom stereocenters. The summed E-state index contributed by atoms with van der Waals surface area (Å²) in [5.74, 6) is 1.14. The molecular formula is C23H26N4O4. The Balaban J connectivity index is 1.72. The first kappa shape index (κ1) is 20.9. The first-order chi connectivity index (χ1) is 15.2. The lowest BCUT2D eigenvalue weighted by Gasteiger charge is -2.23. The van der Waals surface area contributed by atoms with Gasteiger partial charge in [0.25, 0.3) is 0 Å². The summed E-state index contributed by atoms with van der Waals surface area (Å²) in [4.78, 5) is 16.3. The van der Waals surface area contributed by atoms with E-state index in [0.717, 1.165) is 54.1 Å². The average Bonchev–Trinajstić information content (AvgIpc) is 3.17. The molecule has 0 aliphatic carbocycles. The number of hydrogen-bond donors (Lipinski definition) is 1. The summed E-state index contributed by atoms with van der Waals surface area (Å²) in [6, 6.07) is 10.1. The van der Waals surface area contributed by atoms with Gasteiger partial charge in [0, 0.05) is 31.5 Å². The number of nitrogens with zero attached hydrogens (tertiary/aromatic N) is 3. The second-order valence-electron chi connectivity index (χ2n) is 7.33. The Morgan fingerprint density at radius 2 is 2.00 bits per heavy atom. The van der Waals surface area contributed by atoms with E-state index in [1.807, 2.05) is 35.0 Å². The van der Waals surface area contributed by atoms with Crippen molar-refractivity contribution in [2.24, 2.45) is 0 Å². The molecule has 3 aromatic rings. The number of aromatic nitrogens is 3. The van der Waals surface area contributed by atoms with Crippen molar-refractivity contribution < 1.29 is 19.0 Å². The van der Waals surface area contributed by atoms with Crippen molar-refractivity contribution in [2.75, 3.05) is 32.8 Å².